The van der Waals surface area contributed by atoms with Crippen molar-refractivity contribution in [2.75, 3.05) is 54.5 Å². The lowest BCUT2D eigenvalue weighted by Gasteiger charge is -2.44. The van der Waals surface area contributed by atoms with E-state index in [1.807, 2.05) is 5.10 Å². The summed E-state index contributed by atoms with van der Waals surface area (Å²) >= 11 is 0. The van der Waals surface area contributed by atoms with Gasteiger partial charge in [0, 0.05) is 25.8 Å². The maximum absolute atomic E-state index is 13.5. The van der Waals surface area contributed by atoms with Crippen molar-refractivity contribution >= 4 is 29.0 Å². The Balaban J connectivity index is 1.15. The molecule has 41 heavy (non-hydrogen) atoms. The number of pyridine rings is 1. The van der Waals surface area contributed by atoms with Crippen molar-refractivity contribution in [3.63, 3.8) is 0 Å². The van der Waals surface area contributed by atoms with Gasteiger partial charge in [0.25, 0.3) is 5.56 Å². The molecule has 0 radical (unpaired) electrons. The number of alkyl halides is 6. The van der Waals surface area contributed by atoms with Crippen LogP contribution in [0.25, 0.3) is 0 Å². The molecule has 2 N–H and O–H groups in total. The average Bonchev–Trinajstić information content (AvgIpc) is 3.37. The van der Waals surface area contributed by atoms with Gasteiger partial charge in [-0.05, 0) is 18.9 Å². The topological polar surface area (TPSA) is 124 Å². The third-order valence-corrected chi connectivity index (χ3v) is 7.34. The van der Waals surface area contributed by atoms with Crippen LogP contribution >= 0.6 is 0 Å². The molecule has 0 bridgehead atoms. The number of fused-ring (bicyclic) bond motifs is 3. The van der Waals surface area contributed by atoms with Crippen molar-refractivity contribution < 1.29 is 40.7 Å². The molecule has 0 unspecified atom stereocenters. The fraction of sp³-hybridized carbons (Fsp3) is 0.542. The highest BCUT2D eigenvalue weighted by molar-refractivity contribution is 6.03. The largest absolute Gasteiger partial charge is 0.423 e. The van der Waals surface area contributed by atoms with Crippen LogP contribution in [-0.2, 0) is 26.7 Å². The van der Waals surface area contributed by atoms with E-state index in [0.29, 0.717) is 19.0 Å². The van der Waals surface area contributed by atoms with Crippen molar-refractivity contribution in [1.82, 2.24) is 20.1 Å². The predicted molar refractivity (Wildman–Crippen MR) is 131 cm³/mol. The van der Waals surface area contributed by atoms with Crippen LogP contribution in [0, 0.1) is 0 Å². The highest BCUT2D eigenvalue weighted by Crippen LogP contribution is 2.38. The fourth-order valence-electron chi connectivity index (χ4n) is 5.38. The van der Waals surface area contributed by atoms with E-state index in [1.165, 1.54) is 9.80 Å². The number of hydrogen-bond donors (Lipinski definition) is 2. The molecule has 2 saturated heterocycles. The summed E-state index contributed by atoms with van der Waals surface area (Å²) in [5, 5.41) is 7.78. The number of carbonyl (C=O) groups is 2. The number of nitrogens with zero attached hydrogens (tertiary/aromatic N) is 5. The number of amides is 2. The number of hydrogen-bond acceptors (Lipinski definition) is 8. The first-order chi connectivity index (χ1) is 19.3. The third-order valence-electron chi connectivity index (χ3n) is 7.34. The minimum Gasteiger partial charge on any atom is -0.379 e. The summed E-state index contributed by atoms with van der Waals surface area (Å²) in [5.74, 6) is -0.672. The van der Waals surface area contributed by atoms with Gasteiger partial charge in [-0.25, -0.2) is 10.1 Å². The number of rotatable bonds is 6. The third kappa shape index (κ3) is 5.80. The lowest BCUT2D eigenvalue weighted by Crippen LogP contribution is -2.61. The lowest BCUT2D eigenvalue weighted by atomic mass is 10.1. The minimum atomic E-state index is -4.87. The Morgan fingerprint density at radius 3 is 2.56 bits per heavy atom. The molecule has 2 atom stereocenters. The van der Waals surface area contributed by atoms with Crippen LogP contribution in [0.4, 0.5) is 43.5 Å². The molecule has 3 aliphatic rings. The zero-order chi connectivity index (χ0) is 29.5. The van der Waals surface area contributed by atoms with Crippen LogP contribution in [-0.4, -0.2) is 83.4 Å². The highest BCUT2D eigenvalue weighted by Gasteiger charge is 2.42. The average molecular weight is 589 g/mol. The summed E-state index contributed by atoms with van der Waals surface area (Å²) in [7, 11) is 0. The first-order valence-corrected chi connectivity index (χ1v) is 12.8. The van der Waals surface area contributed by atoms with Gasteiger partial charge >= 0.3 is 12.4 Å². The van der Waals surface area contributed by atoms with Crippen molar-refractivity contribution in [2.24, 2.45) is 0 Å². The van der Waals surface area contributed by atoms with Gasteiger partial charge in [-0.2, -0.15) is 31.4 Å². The van der Waals surface area contributed by atoms with Gasteiger partial charge in [0.15, 0.2) is 5.82 Å². The van der Waals surface area contributed by atoms with E-state index >= 15 is 0 Å². The summed E-state index contributed by atoms with van der Waals surface area (Å²) in [4.78, 5) is 45.7. The molecule has 5 heterocycles. The molecule has 0 saturated carbocycles. The van der Waals surface area contributed by atoms with Crippen molar-refractivity contribution in [1.29, 1.82) is 0 Å². The fourth-order valence-corrected chi connectivity index (χ4v) is 5.38. The molecule has 5 rings (SSSR count). The summed E-state index contributed by atoms with van der Waals surface area (Å²) in [6.07, 6.45) is -6.75. The molecule has 0 spiro atoms. The Morgan fingerprint density at radius 1 is 1.05 bits per heavy atom. The molecule has 2 aromatic heterocycles. The summed E-state index contributed by atoms with van der Waals surface area (Å²) in [5.41, 5.74) is -4.01. The number of aromatic nitrogens is 3. The Labute approximate surface area is 228 Å². The quantitative estimate of drug-likeness (QED) is 0.389. The number of halogens is 6. The predicted octanol–water partition coefficient (Wildman–Crippen LogP) is 2.25. The second-order valence-corrected chi connectivity index (χ2v) is 9.90. The molecule has 0 aliphatic carbocycles. The minimum absolute atomic E-state index is 0.00101. The second kappa shape index (κ2) is 10.8. The van der Waals surface area contributed by atoms with Crippen LogP contribution in [0.15, 0.2) is 23.3 Å². The molecule has 222 valence electrons. The number of H-pyrrole nitrogens is 1. The van der Waals surface area contributed by atoms with Gasteiger partial charge in [0.1, 0.15) is 11.6 Å². The summed E-state index contributed by atoms with van der Waals surface area (Å²) in [6, 6.07) is -0.454. The Bertz CT molecular complexity index is 1380. The highest BCUT2D eigenvalue weighted by atomic mass is 19.4. The smallest absolute Gasteiger partial charge is 0.379 e. The number of anilines is 3. The lowest BCUT2D eigenvalue weighted by molar-refractivity contribution is -0.139. The van der Waals surface area contributed by atoms with Crippen molar-refractivity contribution in [3.05, 3.63) is 39.9 Å². The maximum atomic E-state index is 13.5. The number of carbonyl (C=O) groups excluding carboxylic acids is 2. The normalized spacial score (nSPS) is 21.0. The molecule has 2 fully saturated rings. The molecule has 2 amide bonds. The van der Waals surface area contributed by atoms with Crippen molar-refractivity contribution in [3.8, 4) is 0 Å². The molecular weight excluding hydrogens is 564 g/mol. The zero-order valence-electron chi connectivity index (χ0n) is 21.4. The van der Waals surface area contributed by atoms with Crippen LogP contribution in [0.2, 0.25) is 0 Å². The standard InChI is InChI=1S/C24H25F6N7O4/c25-23(26,27)13-8-15-20(31-9-13)37-6-5-35(11-17(37)21(39)33-15)18(38)3-7-41-12-14-2-1-4-36(14)16-10-32-34-22(40)19(16)24(28,29)30/h8-10,14,17H,1-7,11-12H2,(H,33,39)(H,34,40)/t14-,17+/m0/s1. The van der Waals surface area contributed by atoms with E-state index in [9.17, 15) is 40.7 Å². The van der Waals surface area contributed by atoms with Gasteiger partial charge in [-0.1, -0.05) is 0 Å². The van der Waals surface area contributed by atoms with Crippen LogP contribution in [0.1, 0.15) is 30.4 Å². The SMILES string of the molecule is O=C1Nc2cc(C(F)(F)F)cnc2N2CCN(C(=O)CCOC[C@@H]3CCCN3c3cn[nH]c(=O)c3C(F)(F)F)C[C@H]12. The van der Waals surface area contributed by atoms with Gasteiger partial charge in [0.2, 0.25) is 11.8 Å². The number of ether oxygens (including phenoxy) is 1. The molecule has 0 aromatic carbocycles. The molecule has 2 aromatic rings. The number of piperazine rings is 1. The van der Waals surface area contributed by atoms with E-state index in [0.717, 1.165) is 12.3 Å². The van der Waals surface area contributed by atoms with Gasteiger partial charge in [0.05, 0.1) is 55.4 Å². The van der Waals surface area contributed by atoms with Crippen LogP contribution in [0.5, 0.6) is 0 Å². The first-order valence-electron chi connectivity index (χ1n) is 12.8. The first kappa shape index (κ1) is 28.6. The van der Waals surface area contributed by atoms with Crippen LogP contribution in [0.3, 0.4) is 0 Å². The van der Waals surface area contributed by atoms with E-state index in [2.05, 4.69) is 15.4 Å². The maximum Gasteiger partial charge on any atom is 0.423 e. The van der Waals surface area contributed by atoms with Gasteiger partial charge < -0.3 is 24.8 Å². The Morgan fingerprint density at radius 2 is 1.83 bits per heavy atom. The molecular formula is C24H25F6N7O4. The number of aromatic amines is 1. The van der Waals surface area contributed by atoms with Gasteiger partial charge in [-0.15, -0.1) is 0 Å². The van der Waals surface area contributed by atoms with E-state index in [1.54, 1.807) is 4.90 Å². The molecule has 17 heteroatoms. The van der Waals surface area contributed by atoms with E-state index in [4.69, 9.17) is 4.74 Å². The summed E-state index contributed by atoms with van der Waals surface area (Å²) < 4.78 is 85.2. The second-order valence-electron chi connectivity index (χ2n) is 9.90. The number of nitrogens with one attached hydrogen (secondary N) is 2. The van der Waals surface area contributed by atoms with E-state index in [-0.39, 0.29) is 68.9 Å². The monoisotopic (exact) mass is 589 g/mol. The van der Waals surface area contributed by atoms with Gasteiger partial charge in [-0.3, -0.25) is 14.4 Å². The summed E-state index contributed by atoms with van der Waals surface area (Å²) in [6.45, 7) is 0.669. The zero-order valence-corrected chi connectivity index (χ0v) is 21.4. The Hall–Kier alpha value is -3.89. The Kier molecular flexibility index (Phi) is 7.56. The van der Waals surface area contributed by atoms with E-state index < -0.39 is 47.0 Å². The molecule has 11 nitrogen and oxygen atoms in total. The van der Waals surface area contributed by atoms with Crippen LogP contribution < -0.4 is 20.7 Å². The molecule has 3 aliphatic heterocycles. The van der Waals surface area contributed by atoms with Crippen molar-refractivity contribution in [2.45, 2.75) is 43.7 Å².